The number of aliphatic hydroxyl groups excluding tert-OH is 1. The van der Waals surface area contributed by atoms with Gasteiger partial charge in [-0.1, -0.05) is 6.07 Å². The highest BCUT2D eigenvalue weighted by Gasteiger charge is 2.16. The predicted molar refractivity (Wildman–Crippen MR) is 113 cm³/mol. The Bertz CT molecular complexity index is 1070. The van der Waals surface area contributed by atoms with Crippen LogP contribution in [0.5, 0.6) is 5.75 Å². The first-order chi connectivity index (χ1) is 14.5. The van der Waals surface area contributed by atoms with Crippen molar-refractivity contribution in [2.75, 3.05) is 29.1 Å². The molecule has 0 aliphatic carbocycles. The normalized spacial score (nSPS) is 15.2. The molecular formula is C20H21N7O3. The van der Waals surface area contributed by atoms with Crippen molar-refractivity contribution in [3.63, 3.8) is 0 Å². The Morgan fingerprint density at radius 2 is 2.10 bits per heavy atom. The molecule has 1 unspecified atom stereocenters. The van der Waals surface area contributed by atoms with Crippen LogP contribution in [0.1, 0.15) is 15.9 Å². The lowest BCUT2D eigenvalue weighted by Gasteiger charge is -2.13. The zero-order valence-electron chi connectivity index (χ0n) is 16.2. The Morgan fingerprint density at radius 3 is 2.87 bits per heavy atom. The number of aliphatic hydroxyl groups is 1. The van der Waals surface area contributed by atoms with Crippen LogP contribution in [0.15, 0.2) is 42.7 Å². The zero-order chi connectivity index (χ0) is 21.1. The fourth-order valence-electron chi connectivity index (χ4n) is 2.85. The minimum Gasteiger partial charge on any atom is -0.489 e. The standard InChI is InChI=1S/C20H21N7O3/c1-11-2-5-17(23-7-11)26-19-14(18(21)29)9-24-20(27-19)25-12-3-4-16-15(6-12)22-8-13(28)10-30-16/h2-7,9,13,22,28H,8,10H2,1H3,(H2,21,29)(H2,23,24,25,26,27). The third kappa shape index (κ3) is 4.39. The highest BCUT2D eigenvalue weighted by molar-refractivity contribution is 5.98. The predicted octanol–water partition coefficient (Wildman–Crippen LogP) is 1.93. The summed E-state index contributed by atoms with van der Waals surface area (Å²) in [5.74, 6) is 1.04. The van der Waals surface area contributed by atoms with E-state index in [1.54, 1.807) is 24.4 Å². The number of pyridine rings is 1. The number of nitrogens with two attached hydrogens (primary N) is 1. The Labute approximate surface area is 172 Å². The molecule has 0 radical (unpaired) electrons. The molecule has 0 fully saturated rings. The fraction of sp³-hybridized carbons (Fsp3) is 0.200. The summed E-state index contributed by atoms with van der Waals surface area (Å²) in [6.07, 6.45) is 2.48. The molecule has 0 bridgehead atoms. The number of ether oxygens (including phenoxy) is 1. The van der Waals surface area contributed by atoms with Gasteiger partial charge < -0.3 is 31.5 Å². The van der Waals surface area contributed by atoms with Gasteiger partial charge in [-0.3, -0.25) is 4.79 Å². The number of primary amides is 1. The van der Waals surface area contributed by atoms with E-state index in [0.717, 1.165) is 11.3 Å². The molecule has 6 N–H and O–H groups in total. The van der Waals surface area contributed by atoms with Crippen molar-refractivity contribution in [2.24, 2.45) is 5.73 Å². The number of anilines is 5. The van der Waals surface area contributed by atoms with Gasteiger partial charge in [-0.15, -0.1) is 0 Å². The van der Waals surface area contributed by atoms with Gasteiger partial charge in [0, 0.05) is 24.6 Å². The minimum absolute atomic E-state index is 0.147. The number of rotatable bonds is 5. The molecule has 4 rings (SSSR count). The SMILES string of the molecule is Cc1ccc(Nc2nc(Nc3ccc4c(c3)NCC(O)CO4)ncc2C(N)=O)nc1. The van der Waals surface area contributed by atoms with Crippen molar-refractivity contribution >= 4 is 34.9 Å². The first kappa shape index (κ1) is 19.4. The van der Waals surface area contributed by atoms with E-state index in [-0.39, 0.29) is 23.9 Å². The molecule has 0 saturated heterocycles. The number of hydrogen-bond acceptors (Lipinski definition) is 9. The maximum atomic E-state index is 11.8. The van der Waals surface area contributed by atoms with Crippen LogP contribution >= 0.6 is 0 Å². The second kappa shape index (κ2) is 8.21. The highest BCUT2D eigenvalue weighted by Crippen LogP contribution is 2.31. The van der Waals surface area contributed by atoms with Crippen molar-refractivity contribution in [3.05, 3.63) is 53.9 Å². The maximum Gasteiger partial charge on any atom is 0.254 e. The number of nitrogens with one attached hydrogen (secondary N) is 3. The van der Waals surface area contributed by atoms with Crippen LogP contribution in [-0.2, 0) is 0 Å². The van der Waals surface area contributed by atoms with E-state index in [2.05, 4.69) is 30.9 Å². The number of hydrogen-bond donors (Lipinski definition) is 5. The number of nitrogens with zero attached hydrogens (tertiary/aromatic N) is 3. The lowest BCUT2D eigenvalue weighted by Crippen LogP contribution is -2.23. The maximum absolute atomic E-state index is 11.8. The minimum atomic E-state index is -0.652. The number of amides is 1. The summed E-state index contributed by atoms with van der Waals surface area (Å²) in [7, 11) is 0. The van der Waals surface area contributed by atoms with Gasteiger partial charge >= 0.3 is 0 Å². The van der Waals surface area contributed by atoms with Crippen LogP contribution in [0.4, 0.5) is 29.0 Å². The topological polar surface area (TPSA) is 147 Å². The van der Waals surface area contributed by atoms with Crippen LogP contribution in [-0.4, -0.2) is 45.2 Å². The van der Waals surface area contributed by atoms with Gasteiger partial charge in [-0.2, -0.15) is 4.98 Å². The van der Waals surface area contributed by atoms with Crippen molar-refractivity contribution in [2.45, 2.75) is 13.0 Å². The molecule has 1 amide bonds. The Kier molecular flexibility index (Phi) is 5.31. The van der Waals surface area contributed by atoms with Crippen molar-refractivity contribution < 1.29 is 14.6 Å². The van der Waals surface area contributed by atoms with Crippen LogP contribution in [0, 0.1) is 6.92 Å². The second-order valence-electron chi connectivity index (χ2n) is 6.85. The van der Waals surface area contributed by atoms with E-state index in [9.17, 15) is 9.90 Å². The molecule has 10 nitrogen and oxygen atoms in total. The summed E-state index contributed by atoms with van der Waals surface area (Å²) in [5.41, 5.74) is 8.05. The van der Waals surface area contributed by atoms with Crippen molar-refractivity contribution in [3.8, 4) is 5.75 Å². The summed E-state index contributed by atoms with van der Waals surface area (Å²) in [5, 5.41) is 19.0. The summed E-state index contributed by atoms with van der Waals surface area (Å²) >= 11 is 0. The molecule has 10 heteroatoms. The number of β-amino-alcohol motifs (C(OH)–C–C–N with tert-alkyl or cyclic N) is 1. The lowest BCUT2D eigenvalue weighted by molar-refractivity contribution is 0.100. The Balaban J connectivity index is 1.59. The number of aromatic nitrogens is 3. The summed E-state index contributed by atoms with van der Waals surface area (Å²) in [4.78, 5) is 24.6. The van der Waals surface area contributed by atoms with Gasteiger partial charge in [0.05, 0.1) is 5.69 Å². The van der Waals surface area contributed by atoms with Gasteiger partial charge in [-0.05, 0) is 36.8 Å². The van der Waals surface area contributed by atoms with Gasteiger partial charge in [-0.25, -0.2) is 9.97 Å². The highest BCUT2D eigenvalue weighted by atomic mass is 16.5. The summed E-state index contributed by atoms with van der Waals surface area (Å²) < 4.78 is 5.56. The molecule has 1 aromatic carbocycles. The van der Waals surface area contributed by atoms with E-state index in [4.69, 9.17) is 10.5 Å². The Hall–Kier alpha value is -3.92. The van der Waals surface area contributed by atoms with E-state index in [1.165, 1.54) is 6.20 Å². The monoisotopic (exact) mass is 407 g/mol. The third-order valence-corrected chi connectivity index (χ3v) is 4.41. The van der Waals surface area contributed by atoms with E-state index in [1.807, 2.05) is 19.1 Å². The molecule has 3 aromatic rings. The summed E-state index contributed by atoms with van der Waals surface area (Å²) in [6.45, 7) is 2.55. The number of fused-ring (bicyclic) bond motifs is 1. The fourth-order valence-corrected chi connectivity index (χ4v) is 2.85. The first-order valence-electron chi connectivity index (χ1n) is 9.30. The van der Waals surface area contributed by atoms with Crippen LogP contribution in [0.3, 0.4) is 0 Å². The van der Waals surface area contributed by atoms with Crippen molar-refractivity contribution in [1.82, 2.24) is 15.0 Å². The van der Waals surface area contributed by atoms with Crippen LogP contribution in [0.2, 0.25) is 0 Å². The smallest absolute Gasteiger partial charge is 0.254 e. The van der Waals surface area contributed by atoms with Gasteiger partial charge in [0.25, 0.3) is 5.91 Å². The second-order valence-corrected chi connectivity index (χ2v) is 6.85. The number of benzene rings is 1. The number of carbonyl (C=O) groups is 1. The largest absolute Gasteiger partial charge is 0.489 e. The molecule has 0 saturated carbocycles. The summed E-state index contributed by atoms with van der Waals surface area (Å²) in [6, 6.07) is 9.09. The molecule has 2 aromatic heterocycles. The van der Waals surface area contributed by atoms with Crippen LogP contribution in [0.25, 0.3) is 0 Å². The first-order valence-corrected chi connectivity index (χ1v) is 9.30. The molecule has 1 atom stereocenters. The quantitative estimate of drug-likeness (QED) is 0.428. The zero-order valence-corrected chi connectivity index (χ0v) is 16.2. The molecule has 3 heterocycles. The van der Waals surface area contributed by atoms with Gasteiger partial charge in [0.1, 0.15) is 35.7 Å². The molecular weight excluding hydrogens is 386 g/mol. The average molecular weight is 407 g/mol. The van der Waals surface area contributed by atoms with Crippen molar-refractivity contribution in [1.29, 1.82) is 0 Å². The van der Waals surface area contributed by atoms with E-state index >= 15 is 0 Å². The molecule has 1 aliphatic heterocycles. The third-order valence-electron chi connectivity index (χ3n) is 4.41. The number of aryl methyl sites for hydroxylation is 1. The van der Waals surface area contributed by atoms with Gasteiger partial charge in [0.2, 0.25) is 5.95 Å². The van der Waals surface area contributed by atoms with E-state index < -0.39 is 12.0 Å². The molecule has 0 spiro atoms. The molecule has 1 aliphatic rings. The van der Waals surface area contributed by atoms with Crippen LogP contribution < -0.4 is 26.4 Å². The average Bonchev–Trinajstić information content (AvgIpc) is 2.91. The van der Waals surface area contributed by atoms with Gasteiger partial charge in [0.15, 0.2) is 0 Å². The lowest BCUT2D eigenvalue weighted by atomic mass is 10.2. The van der Waals surface area contributed by atoms with E-state index in [0.29, 0.717) is 23.8 Å². The molecule has 30 heavy (non-hydrogen) atoms. The number of carbonyl (C=O) groups excluding carboxylic acids is 1. The Morgan fingerprint density at radius 1 is 1.23 bits per heavy atom. The molecule has 154 valence electrons.